The summed E-state index contributed by atoms with van der Waals surface area (Å²) in [6.07, 6.45) is 0. The van der Waals surface area contributed by atoms with Crippen LogP contribution >= 0.6 is 0 Å². The first-order valence-corrected chi connectivity index (χ1v) is 4.52. The Morgan fingerprint density at radius 3 is 1.43 bits per heavy atom. The van der Waals surface area contributed by atoms with Gasteiger partial charge in [-0.2, -0.15) is 0 Å². The van der Waals surface area contributed by atoms with E-state index < -0.39 is 0 Å². The monoisotopic (exact) mass is 184 g/mol. The average Bonchev–Trinajstić information content (AvgIpc) is 2.83. The number of fused-ring (bicyclic) bond motifs is 2. The Bertz CT molecular complexity index is 425. The van der Waals surface area contributed by atoms with Crippen LogP contribution in [0.3, 0.4) is 0 Å². The maximum absolute atomic E-state index is 5.36. The summed E-state index contributed by atoms with van der Waals surface area (Å²) < 4.78 is 0. The van der Waals surface area contributed by atoms with Crippen molar-refractivity contribution >= 4 is 16.7 Å². The zero-order chi connectivity index (χ0) is 9.80. The summed E-state index contributed by atoms with van der Waals surface area (Å²) in [4.78, 5) is 3.14. The van der Waals surface area contributed by atoms with Gasteiger partial charge < -0.3 is 10.7 Å². The molecule has 1 aromatic carbocycles. The predicted octanol–water partition coefficient (Wildman–Crippen LogP) is 2.87. The molecule has 2 bridgehead atoms. The zero-order valence-corrected chi connectivity index (χ0v) is 7.77. The van der Waals surface area contributed by atoms with E-state index in [1.165, 1.54) is 11.0 Å². The third kappa shape index (κ3) is 2.04. The molecule has 0 aliphatic rings. The van der Waals surface area contributed by atoms with E-state index in [1.807, 2.05) is 30.3 Å². The molecule has 2 heteroatoms. The topological polar surface area (TPSA) is 41.8 Å². The molecule has 0 aliphatic carbocycles. The van der Waals surface area contributed by atoms with Gasteiger partial charge in [-0.15, -0.1) is 0 Å². The van der Waals surface area contributed by atoms with Crippen molar-refractivity contribution in [3.8, 4) is 0 Å². The van der Waals surface area contributed by atoms with Crippen LogP contribution in [0.2, 0.25) is 0 Å². The van der Waals surface area contributed by atoms with E-state index in [-0.39, 0.29) is 0 Å². The molecule has 0 saturated carbocycles. The molecule has 0 amide bonds. The number of aromatic amines is 1. The molecule has 70 valence electrons. The minimum Gasteiger partial charge on any atom is -0.399 e. The van der Waals surface area contributed by atoms with Crippen molar-refractivity contribution in [2.24, 2.45) is 0 Å². The van der Waals surface area contributed by atoms with Gasteiger partial charge in [-0.3, -0.25) is 0 Å². The van der Waals surface area contributed by atoms with E-state index in [0.717, 1.165) is 5.69 Å². The van der Waals surface area contributed by atoms with E-state index in [1.54, 1.807) is 0 Å². The van der Waals surface area contributed by atoms with Gasteiger partial charge in [0, 0.05) is 16.7 Å². The van der Waals surface area contributed by atoms with Gasteiger partial charge in [0.05, 0.1) is 0 Å². The van der Waals surface area contributed by atoms with Crippen LogP contribution in [-0.2, 0) is 0 Å². The maximum Gasteiger partial charge on any atom is 0.0385 e. The first kappa shape index (κ1) is 8.63. The number of hydrogen-bond donors (Lipinski definition) is 2. The first-order valence-electron chi connectivity index (χ1n) is 4.52. The lowest BCUT2D eigenvalue weighted by molar-refractivity contribution is 1.60. The number of hydrogen-bond acceptors (Lipinski definition) is 1. The highest BCUT2D eigenvalue weighted by Gasteiger charge is 1.87. The second-order valence-corrected chi connectivity index (χ2v) is 3.11. The summed E-state index contributed by atoms with van der Waals surface area (Å²) in [5.74, 6) is 0. The van der Waals surface area contributed by atoms with Crippen LogP contribution in [0, 0.1) is 0 Å². The fourth-order valence-corrected chi connectivity index (χ4v) is 1.26. The number of H-pyrrole nitrogens is 1. The van der Waals surface area contributed by atoms with Gasteiger partial charge in [0.25, 0.3) is 0 Å². The SMILES string of the molecule is Nc1ccccc1.c1cc2ccc1[nH]2. The number of benzene rings is 2. The Morgan fingerprint density at radius 1 is 0.714 bits per heavy atom. The van der Waals surface area contributed by atoms with Gasteiger partial charge in [-0.25, -0.2) is 0 Å². The molecule has 0 unspecified atom stereocenters. The quantitative estimate of drug-likeness (QED) is 0.518. The minimum atomic E-state index is 0.822. The van der Waals surface area contributed by atoms with Gasteiger partial charge in [0.1, 0.15) is 0 Å². The van der Waals surface area contributed by atoms with Crippen molar-refractivity contribution < 1.29 is 0 Å². The fraction of sp³-hybridized carbons (Fsp3) is 0. The van der Waals surface area contributed by atoms with Crippen molar-refractivity contribution in [2.45, 2.75) is 0 Å². The summed E-state index contributed by atoms with van der Waals surface area (Å²) >= 11 is 0. The molecular formula is C12H12N2. The highest BCUT2D eigenvalue weighted by atomic mass is 14.7. The number of rotatable bonds is 0. The molecule has 0 radical (unpaired) electrons. The molecule has 0 aliphatic heterocycles. The van der Waals surface area contributed by atoms with E-state index >= 15 is 0 Å². The van der Waals surface area contributed by atoms with Gasteiger partial charge >= 0.3 is 0 Å². The molecule has 14 heavy (non-hydrogen) atoms. The molecule has 2 heterocycles. The standard InChI is InChI=1S/C6H5N.C6H7N/c1-2-6-4-3-5(1)7-6;7-6-4-2-1-3-5-6/h1-4,7H;1-5H,7H2. The number of nitrogens with two attached hydrogens (primary N) is 1. The van der Waals surface area contributed by atoms with Gasteiger partial charge in [0.2, 0.25) is 0 Å². The van der Waals surface area contributed by atoms with Crippen molar-refractivity contribution in [3.05, 3.63) is 54.6 Å². The molecule has 3 N–H and O–H groups in total. The lowest BCUT2D eigenvalue weighted by atomic mass is 10.3. The van der Waals surface area contributed by atoms with Crippen LogP contribution in [0.25, 0.3) is 11.0 Å². The van der Waals surface area contributed by atoms with E-state index in [9.17, 15) is 0 Å². The lowest BCUT2D eigenvalue weighted by Gasteiger charge is -1.83. The van der Waals surface area contributed by atoms with Crippen LogP contribution < -0.4 is 5.73 Å². The second-order valence-electron chi connectivity index (χ2n) is 3.11. The Morgan fingerprint density at radius 2 is 1.21 bits per heavy atom. The molecule has 0 fully saturated rings. The van der Waals surface area contributed by atoms with Gasteiger partial charge in [-0.05, 0) is 36.4 Å². The summed E-state index contributed by atoms with van der Waals surface area (Å²) in [5, 5.41) is 0. The van der Waals surface area contributed by atoms with E-state index in [2.05, 4.69) is 29.2 Å². The summed E-state index contributed by atoms with van der Waals surface area (Å²) in [7, 11) is 0. The maximum atomic E-state index is 5.36. The highest BCUT2D eigenvalue weighted by Crippen LogP contribution is 2.07. The van der Waals surface area contributed by atoms with Crippen molar-refractivity contribution in [2.75, 3.05) is 5.73 Å². The Balaban J connectivity index is 0.000000107. The molecule has 3 aromatic rings. The van der Waals surface area contributed by atoms with Crippen LogP contribution in [0.5, 0.6) is 0 Å². The van der Waals surface area contributed by atoms with Crippen LogP contribution in [0.15, 0.2) is 54.6 Å². The predicted molar refractivity (Wildman–Crippen MR) is 60.3 cm³/mol. The largest absolute Gasteiger partial charge is 0.399 e. The fourth-order valence-electron chi connectivity index (χ4n) is 1.26. The molecular weight excluding hydrogens is 172 g/mol. The molecule has 0 spiro atoms. The summed E-state index contributed by atoms with van der Waals surface area (Å²) in [6.45, 7) is 0. The highest BCUT2D eigenvalue weighted by molar-refractivity contribution is 5.64. The number of anilines is 1. The smallest absolute Gasteiger partial charge is 0.0385 e. The summed E-state index contributed by atoms with van der Waals surface area (Å²) in [5.41, 5.74) is 8.61. The molecule has 0 saturated heterocycles. The first-order chi connectivity index (χ1) is 6.84. The number of para-hydroxylation sites is 1. The molecule has 3 rings (SSSR count). The third-order valence-electron chi connectivity index (χ3n) is 1.97. The number of nitrogens with one attached hydrogen (secondary N) is 1. The molecule has 0 atom stereocenters. The van der Waals surface area contributed by atoms with Gasteiger partial charge in [0.15, 0.2) is 0 Å². The zero-order valence-electron chi connectivity index (χ0n) is 7.77. The number of aromatic nitrogens is 1. The normalized spacial score (nSPS) is 9.71. The van der Waals surface area contributed by atoms with E-state index in [0.29, 0.717) is 0 Å². The lowest BCUT2D eigenvalue weighted by Crippen LogP contribution is -1.79. The van der Waals surface area contributed by atoms with Gasteiger partial charge in [-0.1, -0.05) is 18.2 Å². The minimum absolute atomic E-state index is 0.822. The van der Waals surface area contributed by atoms with Crippen LogP contribution in [0.1, 0.15) is 0 Å². The van der Waals surface area contributed by atoms with Crippen molar-refractivity contribution in [3.63, 3.8) is 0 Å². The van der Waals surface area contributed by atoms with Crippen molar-refractivity contribution in [1.29, 1.82) is 0 Å². The Hall–Kier alpha value is -1.96. The second kappa shape index (κ2) is 3.83. The van der Waals surface area contributed by atoms with Crippen molar-refractivity contribution in [1.82, 2.24) is 4.98 Å². The Labute approximate surface area is 82.7 Å². The Kier molecular flexibility index (Phi) is 2.36. The molecule has 2 nitrogen and oxygen atoms in total. The molecule has 2 aromatic heterocycles. The summed E-state index contributed by atoms with van der Waals surface area (Å²) in [6, 6.07) is 17.7. The van der Waals surface area contributed by atoms with Crippen LogP contribution in [-0.4, -0.2) is 4.98 Å². The third-order valence-corrected chi connectivity index (χ3v) is 1.97. The average molecular weight is 184 g/mol. The number of nitrogen functional groups attached to an aromatic ring is 1. The van der Waals surface area contributed by atoms with Crippen LogP contribution in [0.4, 0.5) is 5.69 Å². The van der Waals surface area contributed by atoms with E-state index in [4.69, 9.17) is 5.73 Å².